The minimum Gasteiger partial charge on any atom is -0.465 e. The highest BCUT2D eigenvalue weighted by atomic mass is 16.5. The zero-order valence-electron chi connectivity index (χ0n) is 12.8. The Morgan fingerprint density at radius 1 is 1.11 bits per heavy atom. The summed E-state index contributed by atoms with van der Waals surface area (Å²) in [5.74, 6) is -0.129. The predicted octanol–water partition coefficient (Wildman–Crippen LogP) is 1.61. The van der Waals surface area contributed by atoms with Crippen molar-refractivity contribution in [2.24, 2.45) is 5.41 Å². The number of methoxy groups -OCH3 is 2. The van der Waals surface area contributed by atoms with Gasteiger partial charge in [0.2, 0.25) is 0 Å². The molecular formula is C14H29NO4. The molecule has 0 rings (SSSR count). The third kappa shape index (κ3) is 9.87. The van der Waals surface area contributed by atoms with E-state index in [1.165, 1.54) is 0 Å². The molecule has 5 nitrogen and oxygen atoms in total. The molecular weight excluding hydrogens is 246 g/mol. The second kappa shape index (κ2) is 11.2. The van der Waals surface area contributed by atoms with Gasteiger partial charge in [-0.25, -0.2) is 0 Å². The van der Waals surface area contributed by atoms with E-state index in [1.807, 2.05) is 14.0 Å². The summed E-state index contributed by atoms with van der Waals surface area (Å²) in [6.45, 7) is 4.50. The second-order valence-corrected chi connectivity index (χ2v) is 5.24. The van der Waals surface area contributed by atoms with E-state index in [0.29, 0.717) is 19.6 Å². The number of rotatable bonds is 12. The lowest BCUT2D eigenvalue weighted by molar-refractivity contribution is -0.148. The van der Waals surface area contributed by atoms with Crippen LogP contribution in [0.3, 0.4) is 0 Å². The fraction of sp³-hybridized carbons (Fsp3) is 0.929. The van der Waals surface area contributed by atoms with Gasteiger partial charge in [0.25, 0.3) is 0 Å². The van der Waals surface area contributed by atoms with Gasteiger partial charge in [0.05, 0.1) is 6.61 Å². The Hall–Kier alpha value is -0.650. The van der Waals surface area contributed by atoms with Crippen molar-refractivity contribution < 1.29 is 19.0 Å². The highest BCUT2D eigenvalue weighted by molar-refractivity contribution is 5.69. The summed E-state index contributed by atoms with van der Waals surface area (Å²) >= 11 is 0. The summed E-state index contributed by atoms with van der Waals surface area (Å²) in [7, 11) is 5.23. The van der Waals surface area contributed by atoms with Crippen molar-refractivity contribution in [2.75, 3.05) is 47.6 Å². The van der Waals surface area contributed by atoms with Gasteiger partial charge in [0, 0.05) is 39.2 Å². The molecule has 114 valence electrons. The van der Waals surface area contributed by atoms with Crippen LogP contribution in [-0.4, -0.2) is 53.6 Å². The van der Waals surface area contributed by atoms with Crippen LogP contribution in [0.15, 0.2) is 0 Å². The molecule has 0 aliphatic rings. The van der Waals surface area contributed by atoms with Crippen molar-refractivity contribution >= 4 is 5.97 Å². The molecule has 19 heavy (non-hydrogen) atoms. The molecule has 0 amide bonds. The zero-order chi connectivity index (χ0) is 14.6. The Morgan fingerprint density at radius 3 is 2.42 bits per heavy atom. The van der Waals surface area contributed by atoms with Crippen LogP contribution in [0.5, 0.6) is 0 Å². The fourth-order valence-corrected chi connectivity index (χ4v) is 1.94. The van der Waals surface area contributed by atoms with Gasteiger partial charge >= 0.3 is 5.97 Å². The minimum absolute atomic E-state index is 0.129. The standard InChI is InChI=1S/C14H29NO4/c1-14(10-15-2,11-18-4)12-19-13(16)8-6-5-7-9-17-3/h15H,5-12H2,1-4H3/t14-/m1/s1. The third-order valence-electron chi connectivity index (χ3n) is 2.91. The molecule has 0 aromatic rings. The van der Waals surface area contributed by atoms with Crippen molar-refractivity contribution in [3.05, 3.63) is 0 Å². The van der Waals surface area contributed by atoms with Gasteiger partial charge in [0.1, 0.15) is 6.61 Å². The largest absolute Gasteiger partial charge is 0.465 e. The molecule has 0 fully saturated rings. The van der Waals surface area contributed by atoms with E-state index in [0.717, 1.165) is 32.4 Å². The maximum atomic E-state index is 11.6. The van der Waals surface area contributed by atoms with Crippen LogP contribution in [0.2, 0.25) is 0 Å². The van der Waals surface area contributed by atoms with E-state index < -0.39 is 0 Å². The highest BCUT2D eigenvalue weighted by Gasteiger charge is 2.25. The first-order valence-electron chi connectivity index (χ1n) is 6.86. The Balaban J connectivity index is 3.79. The van der Waals surface area contributed by atoms with Crippen molar-refractivity contribution in [1.29, 1.82) is 0 Å². The van der Waals surface area contributed by atoms with Crippen molar-refractivity contribution in [3.8, 4) is 0 Å². The molecule has 0 bridgehead atoms. The average molecular weight is 275 g/mol. The Labute approximate surface area is 117 Å². The number of esters is 1. The number of ether oxygens (including phenoxy) is 3. The normalized spacial score (nSPS) is 14.1. The summed E-state index contributed by atoms with van der Waals surface area (Å²) in [6, 6.07) is 0. The summed E-state index contributed by atoms with van der Waals surface area (Å²) in [6.07, 6.45) is 3.32. The first-order chi connectivity index (χ1) is 9.08. The predicted molar refractivity (Wildman–Crippen MR) is 75.2 cm³/mol. The van der Waals surface area contributed by atoms with Crippen LogP contribution in [-0.2, 0) is 19.0 Å². The molecule has 1 N–H and O–H groups in total. The number of nitrogens with one attached hydrogen (secondary N) is 1. The van der Waals surface area contributed by atoms with Gasteiger partial charge < -0.3 is 19.5 Å². The number of carbonyl (C=O) groups excluding carboxylic acids is 1. The average Bonchev–Trinajstić information content (AvgIpc) is 2.37. The first kappa shape index (κ1) is 18.4. The molecule has 0 heterocycles. The quantitative estimate of drug-likeness (QED) is 0.433. The van der Waals surface area contributed by atoms with E-state index in [-0.39, 0.29) is 11.4 Å². The molecule has 5 heteroatoms. The van der Waals surface area contributed by atoms with Crippen LogP contribution >= 0.6 is 0 Å². The maximum absolute atomic E-state index is 11.6. The molecule has 0 saturated carbocycles. The molecule has 0 saturated heterocycles. The van der Waals surface area contributed by atoms with E-state index in [2.05, 4.69) is 5.32 Å². The number of carbonyl (C=O) groups is 1. The monoisotopic (exact) mass is 275 g/mol. The van der Waals surface area contributed by atoms with Crippen LogP contribution in [0.4, 0.5) is 0 Å². The molecule has 0 aromatic heterocycles. The van der Waals surface area contributed by atoms with Gasteiger partial charge in [-0.15, -0.1) is 0 Å². The van der Waals surface area contributed by atoms with E-state index in [1.54, 1.807) is 14.2 Å². The van der Waals surface area contributed by atoms with Gasteiger partial charge in [-0.05, 0) is 19.9 Å². The topological polar surface area (TPSA) is 56.8 Å². The third-order valence-corrected chi connectivity index (χ3v) is 2.91. The van der Waals surface area contributed by atoms with E-state index in [4.69, 9.17) is 14.2 Å². The lowest BCUT2D eigenvalue weighted by Gasteiger charge is -2.27. The molecule has 1 atom stereocenters. The van der Waals surface area contributed by atoms with E-state index >= 15 is 0 Å². The molecule has 0 aliphatic carbocycles. The SMILES string of the molecule is CNC[C@](C)(COC)COC(=O)CCCCCOC. The van der Waals surface area contributed by atoms with Crippen molar-refractivity contribution in [2.45, 2.75) is 32.6 Å². The lowest BCUT2D eigenvalue weighted by atomic mass is 9.93. The van der Waals surface area contributed by atoms with Gasteiger partial charge in [-0.3, -0.25) is 4.79 Å². The smallest absolute Gasteiger partial charge is 0.305 e. The molecule has 0 aliphatic heterocycles. The lowest BCUT2D eigenvalue weighted by Crippen LogP contribution is -2.38. The molecule has 0 spiro atoms. The van der Waals surface area contributed by atoms with Crippen LogP contribution in [0.25, 0.3) is 0 Å². The van der Waals surface area contributed by atoms with Gasteiger partial charge in [0.15, 0.2) is 0 Å². The van der Waals surface area contributed by atoms with Crippen molar-refractivity contribution in [3.63, 3.8) is 0 Å². The highest BCUT2D eigenvalue weighted by Crippen LogP contribution is 2.16. The Morgan fingerprint density at radius 2 is 1.84 bits per heavy atom. The number of hydrogen-bond donors (Lipinski definition) is 1. The van der Waals surface area contributed by atoms with E-state index in [9.17, 15) is 4.79 Å². The zero-order valence-corrected chi connectivity index (χ0v) is 12.8. The Bertz CT molecular complexity index is 227. The van der Waals surface area contributed by atoms with Gasteiger partial charge in [-0.2, -0.15) is 0 Å². The summed E-state index contributed by atoms with van der Waals surface area (Å²) in [4.78, 5) is 11.6. The minimum atomic E-state index is -0.171. The summed E-state index contributed by atoms with van der Waals surface area (Å²) < 4.78 is 15.5. The fourth-order valence-electron chi connectivity index (χ4n) is 1.94. The van der Waals surface area contributed by atoms with Crippen LogP contribution in [0.1, 0.15) is 32.6 Å². The van der Waals surface area contributed by atoms with Gasteiger partial charge in [-0.1, -0.05) is 13.3 Å². The summed E-state index contributed by atoms with van der Waals surface area (Å²) in [5, 5.41) is 3.10. The summed E-state index contributed by atoms with van der Waals surface area (Å²) in [5.41, 5.74) is -0.171. The van der Waals surface area contributed by atoms with Crippen LogP contribution < -0.4 is 5.32 Å². The second-order valence-electron chi connectivity index (χ2n) is 5.24. The van der Waals surface area contributed by atoms with Crippen LogP contribution in [0, 0.1) is 5.41 Å². The number of hydrogen-bond acceptors (Lipinski definition) is 5. The van der Waals surface area contributed by atoms with Crippen molar-refractivity contribution in [1.82, 2.24) is 5.32 Å². The Kier molecular flexibility index (Phi) is 10.8. The number of unbranched alkanes of at least 4 members (excludes halogenated alkanes) is 2. The maximum Gasteiger partial charge on any atom is 0.305 e. The molecule has 0 radical (unpaired) electrons. The molecule has 0 unspecified atom stereocenters. The molecule has 0 aromatic carbocycles. The first-order valence-corrected chi connectivity index (χ1v) is 6.86.